The predicted octanol–water partition coefficient (Wildman–Crippen LogP) is 2.25. The summed E-state index contributed by atoms with van der Waals surface area (Å²) in [4.78, 5) is 12.5. The van der Waals surface area contributed by atoms with Crippen LogP contribution in [0.4, 0.5) is 0 Å². The molecule has 0 aliphatic rings. The van der Waals surface area contributed by atoms with E-state index in [0.29, 0.717) is 12.6 Å². The molecule has 0 atom stereocenters. The van der Waals surface area contributed by atoms with Crippen LogP contribution in [-0.4, -0.2) is 21.6 Å². The molecule has 0 N–H and O–H groups in total. The first-order valence-electron chi connectivity index (χ1n) is 5.17. The van der Waals surface area contributed by atoms with Gasteiger partial charge in [0.2, 0.25) is 0 Å². The Labute approximate surface area is 94.4 Å². The SMILES string of the molecule is CCOc1ncc(-c2cc(C)ccn2)cn1. The molecule has 4 nitrogen and oxygen atoms in total. The molecule has 0 aliphatic heterocycles. The quantitative estimate of drug-likeness (QED) is 0.787. The van der Waals surface area contributed by atoms with E-state index >= 15 is 0 Å². The van der Waals surface area contributed by atoms with Gasteiger partial charge in [-0.2, -0.15) is 0 Å². The molecule has 2 heterocycles. The summed E-state index contributed by atoms with van der Waals surface area (Å²) < 4.78 is 5.18. The van der Waals surface area contributed by atoms with Crippen molar-refractivity contribution in [3.8, 4) is 17.3 Å². The fourth-order valence-electron chi connectivity index (χ4n) is 1.35. The highest BCUT2D eigenvalue weighted by atomic mass is 16.5. The van der Waals surface area contributed by atoms with Gasteiger partial charge in [0, 0.05) is 24.2 Å². The van der Waals surface area contributed by atoms with Gasteiger partial charge in [-0.05, 0) is 31.5 Å². The largest absolute Gasteiger partial charge is 0.464 e. The predicted molar refractivity (Wildman–Crippen MR) is 61.2 cm³/mol. The highest BCUT2D eigenvalue weighted by Gasteiger charge is 2.01. The molecular weight excluding hydrogens is 202 g/mol. The van der Waals surface area contributed by atoms with Crippen molar-refractivity contribution < 1.29 is 4.74 Å². The second-order valence-electron chi connectivity index (χ2n) is 3.41. The number of rotatable bonds is 3. The molecule has 16 heavy (non-hydrogen) atoms. The molecule has 0 aliphatic carbocycles. The van der Waals surface area contributed by atoms with Crippen LogP contribution in [0.3, 0.4) is 0 Å². The van der Waals surface area contributed by atoms with Crippen LogP contribution in [0.5, 0.6) is 6.01 Å². The van der Waals surface area contributed by atoms with Crippen molar-refractivity contribution in [1.82, 2.24) is 15.0 Å². The van der Waals surface area contributed by atoms with Gasteiger partial charge in [-0.1, -0.05) is 0 Å². The molecule has 2 aromatic heterocycles. The first-order chi connectivity index (χ1) is 7.79. The molecule has 0 unspecified atom stereocenters. The van der Waals surface area contributed by atoms with Gasteiger partial charge in [0.05, 0.1) is 12.3 Å². The van der Waals surface area contributed by atoms with E-state index in [2.05, 4.69) is 15.0 Å². The van der Waals surface area contributed by atoms with Crippen molar-refractivity contribution in [2.45, 2.75) is 13.8 Å². The Hall–Kier alpha value is -1.97. The van der Waals surface area contributed by atoms with Crippen LogP contribution in [0.25, 0.3) is 11.3 Å². The topological polar surface area (TPSA) is 47.9 Å². The summed E-state index contributed by atoms with van der Waals surface area (Å²) in [5.41, 5.74) is 2.94. The molecule has 0 fully saturated rings. The van der Waals surface area contributed by atoms with Crippen LogP contribution in [-0.2, 0) is 0 Å². The number of aryl methyl sites for hydroxylation is 1. The van der Waals surface area contributed by atoms with Gasteiger partial charge >= 0.3 is 6.01 Å². The van der Waals surface area contributed by atoms with Crippen molar-refractivity contribution in [2.75, 3.05) is 6.61 Å². The summed E-state index contributed by atoms with van der Waals surface area (Å²) in [6, 6.07) is 4.36. The Bertz CT molecular complexity index is 468. The Kier molecular flexibility index (Phi) is 3.10. The van der Waals surface area contributed by atoms with Crippen molar-refractivity contribution in [3.05, 3.63) is 36.3 Å². The van der Waals surface area contributed by atoms with Crippen LogP contribution in [0.15, 0.2) is 30.7 Å². The Morgan fingerprint density at radius 2 is 1.94 bits per heavy atom. The van der Waals surface area contributed by atoms with Gasteiger partial charge in [0.15, 0.2) is 0 Å². The van der Waals surface area contributed by atoms with E-state index in [1.54, 1.807) is 18.6 Å². The van der Waals surface area contributed by atoms with E-state index in [1.807, 2.05) is 26.0 Å². The molecular formula is C12H13N3O. The monoisotopic (exact) mass is 215 g/mol. The lowest BCUT2D eigenvalue weighted by atomic mass is 10.2. The van der Waals surface area contributed by atoms with E-state index in [0.717, 1.165) is 11.3 Å². The molecule has 0 radical (unpaired) electrons. The third-order valence-corrected chi connectivity index (χ3v) is 2.11. The minimum atomic E-state index is 0.402. The number of nitrogens with zero attached hydrogens (tertiary/aromatic N) is 3. The molecule has 4 heteroatoms. The van der Waals surface area contributed by atoms with E-state index in [9.17, 15) is 0 Å². The molecule has 0 spiro atoms. The zero-order chi connectivity index (χ0) is 11.4. The van der Waals surface area contributed by atoms with E-state index in [-0.39, 0.29) is 0 Å². The standard InChI is InChI=1S/C12H13N3O/c1-3-16-12-14-7-10(8-15-12)11-6-9(2)4-5-13-11/h4-8H,3H2,1-2H3. The lowest BCUT2D eigenvalue weighted by Gasteiger charge is -2.03. The molecule has 0 bridgehead atoms. The van der Waals surface area contributed by atoms with E-state index < -0.39 is 0 Å². The van der Waals surface area contributed by atoms with Gasteiger partial charge in [0.25, 0.3) is 0 Å². The number of pyridine rings is 1. The third kappa shape index (κ3) is 2.34. The Morgan fingerprint density at radius 1 is 1.19 bits per heavy atom. The van der Waals surface area contributed by atoms with Gasteiger partial charge in [0.1, 0.15) is 0 Å². The molecule has 0 amide bonds. The Morgan fingerprint density at radius 3 is 2.56 bits per heavy atom. The number of aromatic nitrogens is 3. The van der Waals surface area contributed by atoms with Crippen LogP contribution in [0.2, 0.25) is 0 Å². The van der Waals surface area contributed by atoms with Gasteiger partial charge in [-0.3, -0.25) is 4.98 Å². The number of hydrogen-bond donors (Lipinski definition) is 0. The van der Waals surface area contributed by atoms with E-state index in [1.165, 1.54) is 5.56 Å². The second kappa shape index (κ2) is 4.70. The summed E-state index contributed by atoms with van der Waals surface area (Å²) in [5.74, 6) is 0. The summed E-state index contributed by atoms with van der Waals surface area (Å²) in [6.07, 6.45) is 5.22. The summed E-state index contributed by atoms with van der Waals surface area (Å²) in [6.45, 7) is 4.50. The lowest BCUT2D eigenvalue weighted by molar-refractivity contribution is 0.312. The first-order valence-corrected chi connectivity index (χ1v) is 5.17. The molecule has 2 rings (SSSR count). The van der Waals surface area contributed by atoms with Crippen LogP contribution in [0, 0.1) is 6.92 Å². The van der Waals surface area contributed by atoms with Crippen molar-refractivity contribution in [2.24, 2.45) is 0 Å². The third-order valence-electron chi connectivity index (χ3n) is 2.11. The number of hydrogen-bond acceptors (Lipinski definition) is 4. The average Bonchev–Trinajstić information content (AvgIpc) is 2.30. The maximum atomic E-state index is 5.18. The molecule has 2 aromatic rings. The summed E-state index contributed by atoms with van der Waals surface area (Å²) in [5, 5.41) is 0. The lowest BCUT2D eigenvalue weighted by Crippen LogP contribution is -1.97. The fraction of sp³-hybridized carbons (Fsp3) is 0.250. The zero-order valence-electron chi connectivity index (χ0n) is 9.34. The molecule has 0 saturated heterocycles. The van der Waals surface area contributed by atoms with Crippen LogP contribution in [0.1, 0.15) is 12.5 Å². The maximum absolute atomic E-state index is 5.18. The normalized spacial score (nSPS) is 10.1. The van der Waals surface area contributed by atoms with Crippen molar-refractivity contribution >= 4 is 0 Å². The summed E-state index contributed by atoms with van der Waals surface area (Å²) in [7, 11) is 0. The van der Waals surface area contributed by atoms with Gasteiger partial charge in [-0.15, -0.1) is 0 Å². The average molecular weight is 215 g/mol. The van der Waals surface area contributed by atoms with Crippen LogP contribution >= 0.6 is 0 Å². The maximum Gasteiger partial charge on any atom is 0.316 e. The van der Waals surface area contributed by atoms with Crippen molar-refractivity contribution in [3.63, 3.8) is 0 Å². The minimum Gasteiger partial charge on any atom is -0.464 e. The highest BCUT2D eigenvalue weighted by Crippen LogP contribution is 2.16. The van der Waals surface area contributed by atoms with Crippen molar-refractivity contribution in [1.29, 1.82) is 0 Å². The zero-order valence-corrected chi connectivity index (χ0v) is 9.34. The first kappa shape index (κ1) is 10.5. The smallest absolute Gasteiger partial charge is 0.316 e. The molecule has 0 aromatic carbocycles. The Balaban J connectivity index is 2.27. The molecule has 82 valence electrons. The molecule has 0 saturated carbocycles. The fourth-order valence-corrected chi connectivity index (χ4v) is 1.35. The van der Waals surface area contributed by atoms with E-state index in [4.69, 9.17) is 4.74 Å². The van der Waals surface area contributed by atoms with Gasteiger partial charge < -0.3 is 4.74 Å². The van der Waals surface area contributed by atoms with Gasteiger partial charge in [-0.25, -0.2) is 9.97 Å². The summed E-state index contributed by atoms with van der Waals surface area (Å²) >= 11 is 0. The van der Waals surface area contributed by atoms with Crippen LogP contribution < -0.4 is 4.74 Å². The highest BCUT2D eigenvalue weighted by molar-refractivity contribution is 5.57. The second-order valence-corrected chi connectivity index (χ2v) is 3.41. The minimum absolute atomic E-state index is 0.402. The number of ether oxygens (including phenoxy) is 1.